The molecular weight excluding hydrogens is 268 g/mol. The Labute approximate surface area is 125 Å². The molecule has 0 aliphatic heterocycles. The van der Waals surface area contributed by atoms with Gasteiger partial charge in [0.15, 0.2) is 0 Å². The number of hydrogen-bond donors (Lipinski definition) is 2. The van der Waals surface area contributed by atoms with Gasteiger partial charge in [0.05, 0.1) is 0 Å². The SMILES string of the molecule is NC(=S)c1ccc(NC(=O)CCC2CCCCC2)cc1. The Hall–Kier alpha value is -1.42. The molecule has 1 aliphatic carbocycles. The van der Waals surface area contributed by atoms with E-state index in [1.807, 2.05) is 24.3 Å². The first-order chi connectivity index (χ1) is 9.65. The van der Waals surface area contributed by atoms with Gasteiger partial charge in [0.2, 0.25) is 5.91 Å². The largest absolute Gasteiger partial charge is 0.389 e. The fourth-order valence-corrected chi connectivity index (χ4v) is 2.89. The monoisotopic (exact) mass is 290 g/mol. The normalized spacial score (nSPS) is 15.8. The Balaban J connectivity index is 1.77. The smallest absolute Gasteiger partial charge is 0.224 e. The number of carbonyl (C=O) groups is 1. The van der Waals surface area contributed by atoms with Gasteiger partial charge in [-0.1, -0.05) is 44.3 Å². The van der Waals surface area contributed by atoms with E-state index in [-0.39, 0.29) is 5.91 Å². The Bertz CT molecular complexity index is 464. The number of benzene rings is 1. The number of rotatable bonds is 5. The minimum Gasteiger partial charge on any atom is -0.389 e. The molecule has 0 spiro atoms. The maximum absolute atomic E-state index is 11.9. The Morgan fingerprint density at radius 3 is 2.45 bits per heavy atom. The standard InChI is InChI=1S/C16H22N2OS/c17-16(20)13-7-9-14(10-8-13)18-15(19)11-6-12-4-2-1-3-5-12/h7-10,12H,1-6,11H2,(H2,17,20)(H,18,19). The minimum absolute atomic E-state index is 0.0960. The van der Waals surface area contributed by atoms with Gasteiger partial charge in [-0.3, -0.25) is 4.79 Å². The van der Waals surface area contributed by atoms with Crippen molar-refractivity contribution in [2.75, 3.05) is 5.32 Å². The van der Waals surface area contributed by atoms with E-state index in [1.165, 1.54) is 32.1 Å². The highest BCUT2D eigenvalue weighted by Crippen LogP contribution is 2.27. The van der Waals surface area contributed by atoms with Gasteiger partial charge in [0, 0.05) is 17.7 Å². The van der Waals surface area contributed by atoms with Gasteiger partial charge in [-0.15, -0.1) is 0 Å². The third-order valence-electron chi connectivity index (χ3n) is 3.96. The Morgan fingerprint density at radius 1 is 1.20 bits per heavy atom. The van der Waals surface area contributed by atoms with Crippen molar-refractivity contribution >= 4 is 28.8 Å². The number of amides is 1. The van der Waals surface area contributed by atoms with E-state index in [9.17, 15) is 4.79 Å². The molecule has 1 amide bonds. The average Bonchev–Trinajstić information content (AvgIpc) is 2.47. The van der Waals surface area contributed by atoms with Crippen molar-refractivity contribution in [3.63, 3.8) is 0 Å². The van der Waals surface area contributed by atoms with Gasteiger partial charge in [0.1, 0.15) is 4.99 Å². The molecular formula is C16H22N2OS. The maximum Gasteiger partial charge on any atom is 0.224 e. The van der Waals surface area contributed by atoms with Crippen molar-refractivity contribution in [3.8, 4) is 0 Å². The van der Waals surface area contributed by atoms with Crippen LogP contribution in [0.25, 0.3) is 0 Å². The third kappa shape index (κ3) is 4.60. The lowest BCUT2D eigenvalue weighted by atomic mass is 9.86. The van der Waals surface area contributed by atoms with Gasteiger partial charge >= 0.3 is 0 Å². The summed E-state index contributed by atoms with van der Waals surface area (Å²) >= 11 is 4.90. The highest BCUT2D eigenvalue weighted by Gasteiger charge is 2.14. The van der Waals surface area contributed by atoms with Crippen LogP contribution in [0.15, 0.2) is 24.3 Å². The van der Waals surface area contributed by atoms with Crippen LogP contribution >= 0.6 is 12.2 Å². The molecule has 1 fully saturated rings. The van der Waals surface area contributed by atoms with E-state index >= 15 is 0 Å². The zero-order valence-electron chi connectivity index (χ0n) is 11.7. The van der Waals surface area contributed by atoms with E-state index in [4.69, 9.17) is 18.0 Å². The zero-order valence-corrected chi connectivity index (χ0v) is 12.5. The average molecular weight is 290 g/mol. The van der Waals surface area contributed by atoms with Crippen LogP contribution in [0.3, 0.4) is 0 Å². The quantitative estimate of drug-likeness (QED) is 0.814. The first kappa shape index (κ1) is 15.0. The van der Waals surface area contributed by atoms with Crippen LogP contribution in [-0.2, 0) is 4.79 Å². The summed E-state index contributed by atoms with van der Waals surface area (Å²) in [7, 11) is 0. The zero-order chi connectivity index (χ0) is 14.4. The number of carbonyl (C=O) groups excluding carboxylic acids is 1. The Kier molecular flexibility index (Phi) is 5.53. The first-order valence-electron chi connectivity index (χ1n) is 7.35. The van der Waals surface area contributed by atoms with Crippen molar-refractivity contribution < 1.29 is 4.79 Å². The van der Waals surface area contributed by atoms with Crippen LogP contribution in [0.5, 0.6) is 0 Å². The summed E-state index contributed by atoms with van der Waals surface area (Å²) in [5.41, 5.74) is 7.16. The van der Waals surface area contributed by atoms with Crippen molar-refractivity contribution in [1.82, 2.24) is 0 Å². The van der Waals surface area contributed by atoms with Crippen LogP contribution in [0, 0.1) is 5.92 Å². The molecule has 1 aromatic carbocycles. The summed E-state index contributed by atoms with van der Waals surface area (Å²) in [6, 6.07) is 7.35. The predicted octanol–water partition coefficient (Wildman–Crippen LogP) is 3.62. The van der Waals surface area contributed by atoms with Gasteiger partial charge in [-0.2, -0.15) is 0 Å². The number of nitrogens with two attached hydrogens (primary N) is 1. The Morgan fingerprint density at radius 2 is 1.85 bits per heavy atom. The molecule has 1 aliphatic rings. The molecule has 2 rings (SSSR count). The van der Waals surface area contributed by atoms with Crippen molar-refractivity contribution in [3.05, 3.63) is 29.8 Å². The van der Waals surface area contributed by atoms with Crippen LogP contribution in [0.4, 0.5) is 5.69 Å². The van der Waals surface area contributed by atoms with Crippen LogP contribution in [-0.4, -0.2) is 10.9 Å². The van der Waals surface area contributed by atoms with Gasteiger partial charge in [-0.05, 0) is 36.6 Å². The third-order valence-corrected chi connectivity index (χ3v) is 4.19. The minimum atomic E-state index is 0.0960. The number of thiocarbonyl (C=S) groups is 1. The van der Waals surface area contributed by atoms with Crippen LogP contribution in [0.2, 0.25) is 0 Å². The molecule has 108 valence electrons. The second-order valence-electron chi connectivity index (χ2n) is 5.53. The summed E-state index contributed by atoms with van der Waals surface area (Å²) < 4.78 is 0. The van der Waals surface area contributed by atoms with E-state index in [2.05, 4.69) is 5.32 Å². The lowest BCUT2D eigenvalue weighted by Gasteiger charge is -2.21. The molecule has 0 radical (unpaired) electrons. The first-order valence-corrected chi connectivity index (χ1v) is 7.75. The van der Waals surface area contributed by atoms with E-state index in [0.29, 0.717) is 11.4 Å². The molecule has 1 saturated carbocycles. The fourth-order valence-electron chi connectivity index (χ4n) is 2.75. The van der Waals surface area contributed by atoms with E-state index in [0.717, 1.165) is 23.6 Å². The summed E-state index contributed by atoms with van der Waals surface area (Å²) in [4.78, 5) is 12.3. The van der Waals surface area contributed by atoms with Crippen molar-refractivity contribution in [2.24, 2.45) is 11.7 Å². The second-order valence-corrected chi connectivity index (χ2v) is 5.97. The predicted molar refractivity (Wildman–Crippen MR) is 86.8 cm³/mol. The molecule has 0 bridgehead atoms. The molecule has 1 aromatic rings. The molecule has 0 unspecified atom stereocenters. The maximum atomic E-state index is 11.9. The van der Waals surface area contributed by atoms with Crippen LogP contribution < -0.4 is 11.1 Å². The van der Waals surface area contributed by atoms with Crippen molar-refractivity contribution in [2.45, 2.75) is 44.9 Å². The molecule has 0 heterocycles. The highest BCUT2D eigenvalue weighted by atomic mass is 32.1. The number of nitrogens with one attached hydrogen (secondary N) is 1. The molecule has 20 heavy (non-hydrogen) atoms. The molecule has 0 saturated heterocycles. The van der Waals surface area contributed by atoms with Crippen molar-refractivity contribution in [1.29, 1.82) is 0 Å². The summed E-state index contributed by atoms with van der Waals surface area (Å²) in [6.07, 6.45) is 8.21. The molecule has 3 N–H and O–H groups in total. The summed E-state index contributed by atoms with van der Waals surface area (Å²) in [6.45, 7) is 0. The van der Waals surface area contributed by atoms with Gasteiger partial charge in [-0.25, -0.2) is 0 Å². The highest BCUT2D eigenvalue weighted by molar-refractivity contribution is 7.80. The number of hydrogen-bond acceptors (Lipinski definition) is 2. The van der Waals surface area contributed by atoms with Gasteiger partial charge in [0.25, 0.3) is 0 Å². The lowest BCUT2D eigenvalue weighted by molar-refractivity contribution is -0.116. The molecule has 4 heteroatoms. The van der Waals surface area contributed by atoms with E-state index in [1.54, 1.807) is 0 Å². The topological polar surface area (TPSA) is 55.1 Å². The molecule has 3 nitrogen and oxygen atoms in total. The fraction of sp³-hybridized carbons (Fsp3) is 0.500. The number of anilines is 1. The molecule has 0 atom stereocenters. The molecule has 0 aromatic heterocycles. The van der Waals surface area contributed by atoms with E-state index < -0.39 is 0 Å². The summed E-state index contributed by atoms with van der Waals surface area (Å²) in [5, 5.41) is 2.92. The second kappa shape index (κ2) is 7.39. The van der Waals surface area contributed by atoms with Crippen LogP contribution in [0.1, 0.15) is 50.5 Å². The summed E-state index contributed by atoms with van der Waals surface area (Å²) in [5.74, 6) is 0.838. The lowest BCUT2D eigenvalue weighted by Crippen LogP contribution is -2.15. The van der Waals surface area contributed by atoms with Gasteiger partial charge < -0.3 is 11.1 Å².